The number of carbonyl (C=O) groups is 1. The molecule has 0 saturated carbocycles. The van der Waals surface area contributed by atoms with Gasteiger partial charge in [-0.25, -0.2) is 4.98 Å². The minimum absolute atomic E-state index is 0.0336. The molecule has 0 aliphatic carbocycles. The van der Waals surface area contributed by atoms with Crippen molar-refractivity contribution in [1.82, 2.24) is 4.98 Å². The van der Waals surface area contributed by atoms with Crippen molar-refractivity contribution in [3.63, 3.8) is 0 Å². The lowest BCUT2D eigenvalue weighted by Crippen LogP contribution is -2.13. The van der Waals surface area contributed by atoms with E-state index >= 15 is 0 Å². The number of hydrogen-bond acceptors (Lipinski definition) is 5. The Morgan fingerprint density at radius 1 is 1.14 bits per heavy atom. The van der Waals surface area contributed by atoms with Crippen molar-refractivity contribution >= 4 is 28.5 Å². The van der Waals surface area contributed by atoms with Crippen LogP contribution in [0.4, 0.5) is 5.13 Å². The van der Waals surface area contributed by atoms with E-state index in [9.17, 15) is 10.1 Å². The number of aryl methyl sites for hydroxylation is 1. The number of anilines is 1. The van der Waals surface area contributed by atoms with Gasteiger partial charge in [0.2, 0.25) is 0 Å². The van der Waals surface area contributed by atoms with Crippen LogP contribution in [0.5, 0.6) is 0 Å². The monoisotopic (exact) mass is 384 g/mol. The Hall–Kier alpha value is -3.74. The van der Waals surface area contributed by atoms with Crippen LogP contribution in [0.3, 0.4) is 0 Å². The van der Waals surface area contributed by atoms with E-state index in [4.69, 9.17) is 5.26 Å². The van der Waals surface area contributed by atoms with Gasteiger partial charge < -0.3 is 0 Å². The van der Waals surface area contributed by atoms with Crippen molar-refractivity contribution in [3.8, 4) is 23.4 Å². The average Bonchev–Trinajstić information content (AvgIpc) is 3.20. The summed E-state index contributed by atoms with van der Waals surface area (Å²) in [6.07, 6.45) is 2.45. The standard InChI is InChI=1S/C22H16N4OS/c1-2-15-7-9-18(10-8-15)20-14-28-22(25-20)26-21(27)19(13-24)11-16-3-5-17(12-23)6-4-16/h3-11,14H,2H2,1H3,(H,25,26,27)/b19-11+. The lowest BCUT2D eigenvalue weighted by atomic mass is 10.1. The first kappa shape index (κ1) is 19.0. The van der Waals surface area contributed by atoms with Crippen LogP contribution < -0.4 is 5.32 Å². The maximum atomic E-state index is 12.4. The van der Waals surface area contributed by atoms with E-state index in [1.54, 1.807) is 24.3 Å². The number of nitrogens with one attached hydrogen (secondary N) is 1. The normalized spacial score (nSPS) is 10.8. The molecule has 0 spiro atoms. The Morgan fingerprint density at radius 3 is 2.46 bits per heavy atom. The molecule has 0 atom stereocenters. The van der Waals surface area contributed by atoms with Crippen LogP contribution in [-0.2, 0) is 11.2 Å². The molecule has 1 heterocycles. The topological polar surface area (TPSA) is 89.6 Å². The van der Waals surface area contributed by atoms with E-state index in [1.165, 1.54) is 23.0 Å². The fourth-order valence-corrected chi connectivity index (χ4v) is 3.22. The molecule has 28 heavy (non-hydrogen) atoms. The van der Waals surface area contributed by atoms with Gasteiger partial charge >= 0.3 is 0 Å². The molecule has 0 saturated heterocycles. The van der Waals surface area contributed by atoms with Crippen LogP contribution in [0.2, 0.25) is 0 Å². The summed E-state index contributed by atoms with van der Waals surface area (Å²) >= 11 is 1.31. The SMILES string of the molecule is CCc1ccc(-c2csc(NC(=O)/C(C#N)=C/c3ccc(C#N)cc3)n2)cc1. The number of nitrogens with zero attached hydrogens (tertiary/aromatic N) is 3. The number of benzene rings is 2. The second-order valence-corrected chi connectivity index (χ2v) is 6.80. The summed E-state index contributed by atoms with van der Waals surface area (Å²) in [5, 5.41) is 23.1. The molecule has 1 amide bonds. The maximum absolute atomic E-state index is 12.4. The van der Waals surface area contributed by atoms with Gasteiger partial charge in [0.05, 0.1) is 17.3 Å². The summed E-state index contributed by atoms with van der Waals surface area (Å²) in [7, 11) is 0. The van der Waals surface area contributed by atoms with E-state index in [1.807, 2.05) is 29.7 Å². The van der Waals surface area contributed by atoms with Crippen LogP contribution in [0, 0.1) is 22.7 Å². The zero-order valence-corrected chi connectivity index (χ0v) is 16.0. The molecule has 0 bridgehead atoms. The van der Waals surface area contributed by atoms with Crippen molar-refractivity contribution in [1.29, 1.82) is 10.5 Å². The molecule has 0 aliphatic heterocycles. The molecule has 3 aromatic rings. The number of rotatable bonds is 5. The van der Waals surface area contributed by atoms with E-state index in [0.717, 1.165) is 17.7 Å². The zero-order chi connectivity index (χ0) is 19.9. The predicted molar refractivity (Wildman–Crippen MR) is 110 cm³/mol. The lowest BCUT2D eigenvalue weighted by molar-refractivity contribution is -0.112. The first-order valence-corrected chi connectivity index (χ1v) is 9.49. The molecule has 5 nitrogen and oxygen atoms in total. The lowest BCUT2D eigenvalue weighted by Gasteiger charge is -2.01. The summed E-state index contributed by atoms with van der Waals surface area (Å²) in [5.41, 5.74) is 4.15. The Bertz CT molecular complexity index is 1100. The molecule has 6 heteroatoms. The fraction of sp³-hybridized carbons (Fsp3) is 0.0909. The van der Waals surface area contributed by atoms with Crippen molar-refractivity contribution in [2.45, 2.75) is 13.3 Å². The highest BCUT2D eigenvalue weighted by Gasteiger charge is 2.12. The smallest absolute Gasteiger partial charge is 0.268 e. The molecule has 136 valence electrons. The molecule has 1 N–H and O–H groups in total. The minimum atomic E-state index is -0.519. The van der Waals surface area contributed by atoms with Gasteiger partial charge in [-0.15, -0.1) is 11.3 Å². The Labute approximate surface area is 167 Å². The first-order chi connectivity index (χ1) is 13.6. The molecule has 0 unspecified atom stereocenters. The van der Waals surface area contributed by atoms with Crippen molar-refractivity contribution in [2.75, 3.05) is 5.32 Å². The minimum Gasteiger partial charge on any atom is -0.297 e. The third-order valence-corrected chi connectivity index (χ3v) is 4.86. The van der Waals surface area contributed by atoms with Gasteiger partial charge in [-0.3, -0.25) is 10.1 Å². The highest BCUT2D eigenvalue weighted by atomic mass is 32.1. The predicted octanol–water partition coefficient (Wildman–Crippen LogP) is 4.79. The van der Waals surface area contributed by atoms with Gasteiger partial charge in [0.1, 0.15) is 11.6 Å². The summed E-state index contributed by atoms with van der Waals surface area (Å²) in [6.45, 7) is 2.10. The quantitative estimate of drug-likeness (QED) is 0.506. The summed E-state index contributed by atoms with van der Waals surface area (Å²) in [6, 6.07) is 18.7. The number of nitriles is 2. The van der Waals surface area contributed by atoms with Gasteiger partial charge in [0.25, 0.3) is 5.91 Å². The van der Waals surface area contributed by atoms with E-state index < -0.39 is 5.91 Å². The second kappa shape index (κ2) is 8.77. The first-order valence-electron chi connectivity index (χ1n) is 8.61. The van der Waals surface area contributed by atoms with Crippen LogP contribution >= 0.6 is 11.3 Å². The average molecular weight is 384 g/mol. The number of amides is 1. The zero-order valence-electron chi connectivity index (χ0n) is 15.1. The Balaban J connectivity index is 1.74. The largest absolute Gasteiger partial charge is 0.297 e. The molecule has 0 aliphatic rings. The fourth-order valence-electron chi connectivity index (χ4n) is 2.51. The third kappa shape index (κ3) is 4.50. The molecule has 2 aromatic carbocycles. The molecule has 0 radical (unpaired) electrons. The summed E-state index contributed by atoms with van der Waals surface area (Å²) in [5.74, 6) is -0.519. The Kier molecular flexibility index (Phi) is 5.96. The number of thiazole rings is 1. The van der Waals surface area contributed by atoms with Crippen LogP contribution in [-0.4, -0.2) is 10.9 Å². The van der Waals surface area contributed by atoms with Crippen molar-refractivity contribution < 1.29 is 4.79 Å². The van der Waals surface area contributed by atoms with Gasteiger partial charge in [0.15, 0.2) is 5.13 Å². The van der Waals surface area contributed by atoms with Crippen molar-refractivity contribution in [3.05, 3.63) is 76.2 Å². The number of carbonyl (C=O) groups excluding carboxylic acids is 1. The molecular weight excluding hydrogens is 368 g/mol. The number of hydrogen-bond donors (Lipinski definition) is 1. The molecule has 3 rings (SSSR count). The van der Waals surface area contributed by atoms with Crippen LogP contribution in [0.25, 0.3) is 17.3 Å². The van der Waals surface area contributed by atoms with Gasteiger partial charge in [-0.2, -0.15) is 10.5 Å². The van der Waals surface area contributed by atoms with Crippen LogP contribution in [0.15, 0.2) is 59.5 Å². The van der Waals surface area contributed by atoms with Gasteiger partial charge in [-0.05, 0) is 35.8 Å². The van der Waals surface area contributed by atoms with Crippen LogP contribution in [0.1, 0.15) is 23.6 Å². The molecule has 1 aromatic heterocycles. The summed E-state index contributed by atoms with van der Waals surface area (Å²) < 4.78 is 0. The third-order valence-electron chi connectivity index (χ3n) is 4.10. The second-order valence-electron chi connectivity index (χ2n) is 5.95. The highest BCUT2D eigenvalue weighted by molar-refractivity contribution is 7.14. The van der Waals surface area contributed by atoms with E-state index in [-0.39, 0.29) is 5.57 Å². The molecular formula is C22H16N4OS. The molecule has 0 fully saturated rings. The maximum Gasteiger partial charge on any atom is 0.268 e. The van der Waals surface area contributed by atoms with Gasteiger partial charge in [0, 0.05) is 10.9 Å². The van der Waals surface area contributed by atoms with Crippen molar-refractivity contribution in [2.24, 2.45) is 0 Å². The van der Waals surface area contributed by atoms with Gasteiger partial charge in [-0.1, -0.05) is 43.3 Å². The van der Waals surface area contributed by atoms with E-state index in [2.05, 4.69) is 29.4 Å². The highest BCUT2D eigenvalue weighted by Crippen LogP contribution is 2.25. The Morgan fingerprint density at radius 2 is 1.86 bits per heavy atom. The van der Waals surface area contributed by atoms with E-state index in [0.29, 0.717) is 16.3 Å². The number of aromatic nitrogens is 1. The summed E-state index contributed by atoms with van der Waals surface area (Å²) in [4.78, 5) is 16.8.